The number of likely N-dealkylation sites (tertiary alicyclic amines) is 1. The number of hydrogen-bond acceptors (Lipinski definition) is 5. The fourth-order valence-electron chi connectivity index (χ4n) is 3.67. The predicted molar refractivity (Wildman–Crippen MR) is 94.1 cm³/mol. The summed E-state index contributed by atoms with van der Waals surface area (Å²) in [6, 6.07) is 3.79. The first-order chi connectivity index (χ1) is 13.7. The van der Waals surface area contributed by atoms with Crippen LogP contribution in [0.5, 0.6) is 5.75 Å². The topological polar surface area (TPSA) is 89.0 Å². The van der Waals surface area contributed by atoms with Crippen LogP contribution in [0.2, 0.25) is 0 Å². The number of carbonyl (C=O) groups is 2. The summed E-state index contributed by atoms with van der Waals surface area (Å²) in [5, 5.41) is 7.12. The van der Waals surface area contributed by atoms with E-state index < -0.39 is 12.1 Å². The molecule has 1 aromatic rings. The number of carbonyl (C=O) groups excluding carboxylic acids is 1. The molecule has 1 atom stereocenters. The lowest BCUT2D eigenvalue weighted by molar-refractivity contribution is -0.192. The Morgan fingerprint density at radius 2 is 2.00 bits per heavy atom. The molecule has 0 aromatic carbocycles. The molecule has 3 aliphatic rings. The van der Waals surface area contributed by atoms with Gasteiger partial charge in [-0.15, -0.1) is 0 Å². The summed E-state index contributed by atoms with van der Waals surface area (Å²) in [5.74, 6) is -0.986. The van der Waals surface area contributed by atoms with Crippen LogP contribution in [0.15, 0.2) is 24.5 Å². The van der Waals surface area contributed by atoms with Gasteiger partial charge in [-0.2, -0.15) is 13.2 Å². The zero-order valence-corrected chi connectivity index (χ0v) is 15.7. The molecule has 29 heavy (non-hydrogen) atoms. The number of alkyl halides is 3. The average Bonchev–Trinajstić information content (AvgIpc) is 3.01. The van der Waals surface area contributed by atoms with Gasteiger partial charge in [0.1, 0.15) is 11.4 Å². The number of nitrogens with zero attached hydrogens (tertiary/aromatic N) is 2. The van der Waals surface area contributed by atoms with Gasteiger partial charge in [0, 0.05) is 24.6 Å². The molecule has 2 aliphatic heterocycles. The van der Waals surface area contributed by atoms with E-state index in [0.29, 0.717) is 18.4 Å². The highest BCUT2D eigenvalue weighted by Crippen LogP contribution is 2.42. The number of ether oxygens (including phenoxy) is 2. The Kier molecular flexibility index (Phi) is 6.30. The number of aromatic nitrogens is 1. The van der Waals surface area contributed by atoms with Crippen molar-refractivity contribution in [3.8, 4) is 5.75 Å². The third-order valence-corrected chi connectivity index (χ3v) is 5.61. The van der Waals surface area contributed by atoms with E-state index in [9.17, 15) is 18.0 Å². The molecule has 3 fully saturated rings. The normalized spacial score (nSPS) is 22.9. The molecule has 1 aromatic heterocycles. The van der Waals surface area contributed by atoms with Gasteiger partial charge >= 0.3 is 12.1 Å². The van der Waals surface area contributed by atoms with E-state index in [1.54, 1.807) is 12.4 Å². The van der Waals surface area contributed by atoms with Crippen LogP contribution in [0.4, 0.5) is 13.2 Å². The van der Waals surface area contributed by atoms with Crippen molar-refractivity contribution in [1.29, 1.82) is 0 Å². The minimum atomic E-state index is -5.08. The summed E-state index contributed by atoms with van der Waals surface area (Å²) < 4.78 is 43.6. The van der Waals surface area contributed by atoms with E-state index in [4.69, 9.17) is 19.4 Å². The summed E-state index contributed by atoms with van der Waals surface area (Å²) >= 11 is 0. The van der Waals surface area contributed by atoms with E-state index in [-0.39, 0.29) is 11.5 Å². The Balaban J connectivity index is 0.000000298. The number of carboxylic acid groups (broad SMARTS) is 1. The molecule has 1 unspecified atom stereocenters. The van der Waals surface area contributed by atoms with Crippen molar-refractivity contribution in [3.63, 3.8) is 0 Å². The van der Waals surface area contributed by atoms with Crippen LogP contribution in [0.25, 0.3) is 0 Å². The molecule has 7 nitrogen and oxygen atoms in total. The standard InChI is InChI=1S/C17H22N2O3.C2HF3O2/c20-16(13-3-1-4-13)19-11-17(12-19)14(6-8-22-17)10-21-15-5-2-7-18-9-15;3-2(4,5)1(6)7/h2,5,7,9,13-14H,1,3-4,6,8,10-12H2;(H,6,7). The fourth-order valence-corrected chi connectivity index (χ4v) is 3.67. The van der Waals surface area contributed by atoms with Crippen LogP contribution >= 0.6 is 0 Å². The van der Waals surface area contributed by atoms with Crippen LogP contribution in [-0.2, 0) is 14.3 Å². The van der Waals surface area contributed by atoms with Crippen molar-refractivity contribution in [1.82, 2.24) is 9.88 Å². The molecule has 1 amide bonds. The lowest BCUT2D eigenvalue weighted by Gasteiger charge is -2.51. The molecule has 3 heterocycles. The molecule has 10 heteroatoms. The molecular weight excluding hydrogens is 393 g/mol. The van der Waals surface area contributed by atoms with Gasteiger partial charge in [-0.25, -0.2) is 4.79 Å². The number of aliphatic carboxylic acids is 1. The third-order valence-electron chi connectivity index (χ3n) is 5.61. The Bertz CT molecular complexity index is 718. The number of hydrogen-bond donors (Lipinski definition) is 1. The van der Waals surface area contributed by atoms with Gasteiger partial charge < -0.3 is 19.5 Å². The first-order valence-corrected chi connectivity index (χ1v) is 9.47. The van der Waals surface area contributed by atoms with Crippen LogP contribution in [-0.4, -0.2) is 64.9 Å². The van der Waals surface area contributed by atoms with E-state index >= 15 is 0 Å². The second kappa shape index (κ2) is 8.56. The van der Waals surface area contributed by atoms with Crippen molar-refractivity contribution in [2.75, 3.05) is 26.3 Å². The molecular formula is C19H23F3N2O5. The van der Waals surface area contributed by atoms with Crippen molar-refractivity contribution >= 4 is 11.9 Å². The summed E-state index contributed by atoms with van der Waals surface area (Å²) in [4.78, 5) is 27.2. The van der Waals surface area contributed by atoms with Gasteiger partial charge in [0.25, 0.3) is 0 Å². The average molecular weight is 416 g/mol. The summed E-state index contributed by atoms with van der Waals surface area (Å²) in [6.45, 7) is 2.89. The molecule has 0 bridgehead atoms. The molecule has 1 N–H and O–H groups in total. The first-order valence-electron chi connectivity index (χ1n) is 9.47. The minimum Gasteiger partial charge on any atom is -0.492 e. The number of amides is 1. The smallest absolute Gasteiger partial charge is 0.490 e. The van der Waals surface area contributed by atoms with E-state index in [1.165, 1.54) is 6.42 Å². The van der Waals surface area contributed by atoms with Crippen LogP contribution in [0.1, 0.15) is 25.7 Å². The molecule has 2 saturated heterocycles. The summed E-state index contributed by atoms with van der Waals surface area (Å²) in [5.41, 5.74) is -0.165. The van der Waals surface area contributed by atoms with E-state index in [1.807, 2.05) is 17.0 Å². The zero-order chi connectivity index (χ0) is 21.1. The Morgan fingerprint density at radius 1 is 1.31 bits per heavy atom. The van der Waals surface area contributed by atoms with Crippen LogP contribution in [0, 0.1) is 11.8 Å². The highest BCUT2D eigenvalue weighted by molar-refractivity contribution is 5.80. The summed E-state index contributed by atoms with van der Waals surface area (Å²) in [6.07, 6.45) is 2.73. The Hall–Kier alpha value is -2.36. The minimum absolute atomic E-state index is 0.165. The van der Waals surface area contributed by atoms with Gasteiger partial charge in [-0.1, -0.05) is 6.42 Å². The maximum absolute atomic E-state index is 12.3. The van der Waals surface area contributed by atoms with Gasteiger partial charge in [-0.3, -0.25) is 9.78 Å². The van der Waals surface area contributed by atoms with Crippen LogP contribution < -0.4 is 4.74 Å². The van der Waals surface area contributed by atoms with Crippen molar-refractivity contribution in [2.24, 2.45) is 11.8 Å². The number of pyridine rings is 1. The van der Waals surface area contributed by atoms with Crippen molar-refractivity contribution < 1.29 is 37.3 Å². The Morgan fingerprint density at radius 3 is 2.52 bits per heavy atom. The maximum atomic E-state index is 12.3. The first kappa shape index (κ1) is 21.4. The van der Waals surface area contributed by atoms with E-state index in [2.05, 4.69) is 4.98 Å². The number of halogens is 3. The highest BCUT2D eigenvalue weighted by atomic mass is 19.4. The monoisotopic (exact) mass is 416 g/mol. The second-order valence-electron chi connectivity index (χ2n) is 7.52. The van der Waals surface area contributed by atoms with Gasteiger partial charge in [0.15, 0.2) is 0 Å². The quantitative estimate of drug-likeness (QED) is 0.812. The number of rotatable bonds is 4. The van der Waals surface area contributed by atoms with Crippen molar-refractivity contribution in [3.05, 3.63) is 24.5 Å². The Labute approximate surface area is 165 Å². The SMILES string of the molecule is O=C(C1CCC1)N1CC2(C1)OCCC2COc1cccnc1.O=C(O)C(F)(F)F. The van der Waals surface area contributed by atoms with E-state index in [0.717, 1.165) is 44.7 Å². The largest absolute Gasteiger partial charge is 0.492 e. The summed E-state index contributed by atoms with van der Waals surface area (Å²) in [7, 11) is 0. The van der Waals surface area contributed by atoms with Gasteiger partial charge in [0.2, 0.25) is 5.91 Å². The molecule has 160 valence electrons. The van der Waals surface area contributed by atoms with Crippen molar-refractivity contribution in [2.45, 2.75) is 37.5 Å². The molecule has 4 rings (SSSR count). The maximum Gasteiger partial charge on any atom is 0.490 e. The lowest BCUT2D eigenvalue weighted by Crippen LogP contribution is -2.67. The number of carboxylic acids is 1. The molecule has 0 radical (unpaired) electrons. The molecule has 1 aliphatic carbocycles. The molecule has 1 saturated carbocycles. The third kappa shape index (κ3) is 4.98. The fraction of sp³-hybridized carbons (Fsp3) is 0.632. The van der Waals surface area contributed by atoms with Gasteiger partial charge in [0.05, 0.1) is 25.9 Å². The predicted octanol–water partition coefficient (Wildman–Crippen LogP) is 2.51. The molecule has 1 spiro atoms. The second-order valence-corrected chi connectivity index (χ2v) is 7.52. The zero-order valence-electron chi connectivity index (χ0n) is 15.7. The highest BCUT2D eigenvalue weighted by Gasteiger charge is 2.55. The van der Waals surface area contributed by atoms with Gasteiger partial charge in [-0.05, 0) is 31.4 Å². The van der Waals surface area contributed by atoms with Crippen LogP contribution in [0.3, 0.4) is 0 Å². The lowest BCUT2D eigenvalue weighted by atomic mass is 9.78.